The van der Waals surface area contributed by atoms with Gasteiger partial charge in [-0.15, -0.1) is 0 Å². The van der Waals surface area contributed by atoms with Gasteiger partial charge in [0.05, 0.1) is 17.8 Å². The predicted molar refractivity (Wildman–Crippen MR) is 122 cm³/mol. The molecule has 3 N–H and O–H groups in total. The predicted octanol–water partition coefficient (Wildman–Crippen LogP) is 5.55. The van der Waals surface area contributed by atoms with Crippen molar-refractivity contribution in [3.05, 3.63) is 0 Å². The normalized spacial score (nSPS) is 51.9. The second-order valence-corrected chi connectivity index (χ2v) is 12.9. The number of hydrogen-bond donors (Lipinski definition) is 3. The topological polar surface area (TPSA) is 60.7 Å². The summed E-state index contributed by atoms with van der Waals surface area (Å²) in [4.78, 5) is 0. The van der Waals surface area contributed by atoms with Crippen LogP contribution in [0.15, 0.2) is 0 Å². The molecule has 0 aromatic rings. The summed E-state index contributed by atoms with van der Waals surface area (Å²) in [5, 5.41) is 33.0. The second kappa shape index (κ2) is 8.03. The number of rotatable bonds is 5. The fraction of sp³-hybridized carbons (Fsp3) is 1.00. The second-order valence-electron chi connectivity index (χ2n) is 12.9. The summed E-state index contributed by atoms with van der Waals surface area (Å²) >= 11 is 0. The lowest BCUT2D eigenvalue weighted by molar-refractivity contribution is -0.264. The Morgan fingerprint density at radius 2 is 1.63 bits per heavy atom. The van der Waals surface area contributed by atoms with E-state index in [4.69, 9.17) is 0 Å². The molecule has 174 valence electrons. The van der Waals surface area contributed by atoms with Gasteiger partial charge in [-0.05, 0) is 85.9 Å². The summed E-state index contributed by atoms with van der Waals surface area (Å²) in [6, 6.07) is 0. The number of hydrogen-bond acceptors (Lipinski definition) is 3. The maximum absolute atomic E-state index is 11.6. The largest absolute Gasteiger partial charge is 0.393 e. The Bertz CT molecular complexity index is 619. The van der Waals surface area contributed by atoms with Crippen molar-refractivity contribution in [1.82, 2.24) is 0 Å². The van der Waals surface area contributed by atoms with Gasteiger partial charge in [-0.3, -0.25) is 0 Å². The van der Waals surface area contributed by atoms with Gasteiger partial charge in [0.25, 0.3) is 0 Å². The van der Waals surface area contributed by atoms with Gasteiger partial charge in [-0.2, -0.15) is 0 Å². The van der Waals surface area contributed by atoms with Crippen LogP contribution in [0.25, 0.3) is 0 Å². The Balaban J connectivity index is 1.53. The van der Waals surface area contributed by atoms with Crippen LogP contribution in [-0.2, 0) is 0 Å². The average Bonchev–Trinajstić information content (AvgIpc) is 3.01. The quantitative estimate of drug-likeness (QED) is 0.546. The van der Waals surface area contributed by atoms with Gasteiger partial charge < -0.3 is 15.3 Å². The third-order valence-corrected chi connectivity index (χ3v) is 11.0. The molecule has 3 nitrogen and oxygen atoms in total. The van der Waals surface area contributed by atoms with E-state index in [9.17, 15) is 15.3 Å². The monoisotopic (exact) mass is 420 g/mol. The highest BCUT2D eigenvalue weighted by molar-refractivity contribution is 5.17. The van der Waals surface area contributed by atoms with Crippen molar-refractivity contribution in [2.24, 2.45) is 46.3 Å². The van der Waals surface area contributed by atoms with Crippen molar-refractivity contribution >= 4 is 0 Å². The fourth-order valence-corrected chi connectivity index (χ4v) is 9.29. The van der Waals surface area contributed by atoms with E-state index < -0.39 is 17.8 Å². The zero-order valence-corrected chi connectivity index (χ0v) is 20.2. The molecule has 4 aliphatic carbocycles. The first-order chi connectivity index (χ1) is 14.0. The maximum Gasteiger partial charge on any atom is 0.0985 e. The van der Waals surface area contributed by atoms with Crippen molar-refractivity contribution in [2.45, 2.75) is 123 Å². The molecule has 30 heavy (non-hydrogen) atoms. The van der Waals surface area contributed by atoms with E-state index in [0.29, 0.717) is 29.6 Å². The van der Waals surface area contributed by atoms with Crippen molar-refractivity contribution in [1.29, 1.82) is 0 Å². The van der Waals surface area contributed by atoms with Gasteiger partial charge in [-0.25, -0.2) is 0 Å². The summed E-state index contributed by atoms with van der Waals surface area (Å²) < 4.78 is 0. The summed E-state index contributed by atoms with van der Waals surface area (Å²) in [6.45, 7) is 12.0. The van der Waals surface area contributed by atoms with Gasteiger partial charge in [0, 0.05) is 11.8 Å². The van der Waals surface area contributed by atoms with Crippen LogP contribution in [0.5, 0.6) is 0 Å². The Hall–Kier alpha value is -0.120. The van der Waals surface area contributed by atoms with E-state index in [2.05, 4.69) is 34.6 Å². The highest BCUT2D eigenvalue weighted by Gasteiger charge is 2.67. The van der Waals surface area contributed by atoms with Gasteiger partial charge in [0.1, 0.15) is 0 Å². The molecule has 4 aliphatic rings. The summed E-state index contributed by atoms with van der Waals surface area (Å²) in [6.07, 6.45) is 10.7. The number of aliphatic hydroxyl groups excluding tert-OH is 2. The minimum absolute atomic E-state index is 0.253. The molecule has 0 amide bonds. The van der Waals surface area contributed by atoms with E-state index in [-0.39, 0.29) is 5.41 Å². The molecule has 10 atom stereocenters. The third kappa shape index (κ3) is 3.41. The van der Waals surface area contributed by atoms with Crippen LogP contribution in [0.1, 0.15) is 105 Å². The van der Waals surface area contributed by atoms with Crippen LogP contribution in [-0.4, -0.2) is 33.1 Å². The molecule has 0 aromatic heterocycles. The SMILES string of the molecule is CC(C)CCC[C@@H](C)[C@H]1CC[C@H]2[C@@H]3CC(O)C4(O)CC(O)CC[C@]4(C)[C@H]3CC[C@]12C. The number of aliphatic hydroxyl groups is 3. The highest BCUT2D eigenvalue weighted by Crippen LogP contribution is 2.69. The Morgan fingerprint density at radius 3 is 2.33 bits per heavy atom. The Labute approximate surface area is 185 Å². The lowest BCUT2D eigenvalue weighted by atomic mass is 9.42. The van der Waals surface area contributed by atoms with Crippen LogP contribution in [0.4, 0.5) is 0 Å². The van der Waals surface area contributed by atoms with Crippen LogP contribution in [0.2, 0.25) is 0 Å². The van der Waals surface area contributed by atoms with Gasteiger partial charge in [0.2, 0.25) is 0 Å². The van der Waals surface area contributed by atoms with Crippen molar-refractivity contribution in [3.63, 3.8) is 0 Å². The molecule has 0 bridgehead atoms. The molecule has 0 radical (unpaired) electrons. The molecule has 4 rings (SSSR count). The Kier molecular flexibility index (Phi) is 6.17. The van der Waals surface area contributed by atoms with E-state index in [1.807, 2.05) is 0 Å². The highest BCUT2D eigenvalue weighted by atomic mass is 16.3. The van der Waals surface area contributed by atoms with Crippen LogP contribution >= 0.6 is 0 Å². The standard InChI is InChI=1S/C27H48O3/c1-17(2)7-6-8-18(3)21-9-10-22-20-15-24(29)27(30)16-19(28)11-14-26(27,5)23(20)12-13-25(21,22)4/h17-24,28-30H,6-16H2,1-5H3/t18-,19?,20+,21-,22+,23+,24?,25-,26-,27?/m1/s1. The average molecular weight is 421 g/mol. The summed E-state index contributed by atoms with van der Waals surface area (Å²) in [7, 11) is 0. The summed E-state index contributed by atoms with van der Waals surface area (Å²) in [5.74, 6) is 4.13. The lowest BCUT2D eigenvalue weighted by Crippen LogP contribution is -2.68. The first-order valence-electron chi connectivity index (χ1n) is 13.1. The van der Waals surface area contributed by atoms with Crippen molar-refractivity contribution in [3.8, 4) is 0 Å². The molecule has 0 aromatic carbocycles. The Morgan fingerprint density at radius 1 is 0.900 bits per heavy atom. The van der Waals surface area contributed by atoms with E-state index in [1.54, 1.807) is 0 Å². The van der Waals surface area contributed by atoms with Gasteiger partial charge in [-0.1, -0.05) is 53.9 Å². The molecule has 4 fully saturated rings. The fourth-order valence-electron chi connectivity index (χ4n) is 9.29. The zero-order chi connectivity index (χ0) is 21.9. The molecular formula is C27H48O3. The molecule has 0 saturated heterocycles. The molecule has 4 saturated carbocycles. The minimum Gasteiger partial charge on any atom is -0.393 e. The first-order valence-corrected chi connectivity index (χ1v) is 13.1. The number of fused-ring (bicyclic) bond motifs is 5. The smallest absolute Gasteiger partial charge is 0.0985 e. The minimum atomic E-state index is -1.11. The molecule has 0 spiro atoms. The molecule has 0 heterocycles. The van der Waals surface area contributed by atoms with E-state index >= 15 is 0 Å². The third-order valence-electron chi connectivity index (χ3n) is 11.0. The van der Waals surface area contributed by atoms with Crippen LogP contribution in [0, 0.1) is 46.3 Å². The van der Waals surface area contributed by atoms with Crippen molar-refractivity contribution < 1.29 is 15.3 Å². The van der Waals surface area contributed by atoms with Gasteiger partial charge in [0.15, 0.2) is 0 Å². The summed E-state index contributed by atoms with van der Waals surface area (Å²) in [5.41, 5.74) is -0.962. The molecule has 3 unspecified atom stereocenters. The van der Waals surface area contributed by atoms with Gasteiger partial charge >= 0.3 is 0 Å². The first kappa shape index (κ1) is 23.1. The van der Waals surface area contributed by atoms with E-state index in [0.717, 1.165) is 37.0 Å². The van der Waals surface area contributed by atoms with Crippen LogP contribution < -0.4 is 0 Å². The van der Waals surface area contributed by atoms with Crippen molar-refractivity contribution in [2.75, 3.05) is 0 Å². The van der Waals surface area contributed by atoms with Crippen LogP contribution in [0.3, 0.4) is 0 Å². The van der Waals surface area contributed by atoms with E-state index in [1.165, 1.54) is 44.9 Å². The maximum atomic E-state index is 11.6. The lowest BCUT2D eigenvalue weighted by Gasteiger charge is -2.65. The molecule has 3 heteroatoms. The zero-order valence-electron chi connectivity index (χ0n) is 20.2. The molecular weight excluding hydrogens is 372 g/mol. The molecule has 0 aliphatic heterocycles.